The smallest absolute Gasteiger partial charge is 0.275 e. The Kier molecular flexibility index (Phi) is 7.06. The topological polar surface area (TPSA) is 63.1 Å². The summed E-state index contributed by atoms with van der Waals surface area (Å²) < 4.78 is 2.13. The molecule has 0 saturated heterocycles. The predicted octanol–water partition coefficient (Wildman–Crippen LogP) is 3.34. The Hall–Kier alpha value is -2.51. The summed E-state index contributed by atoms with van der Waals surface area (Å²) in [5.74, 6) is 0. The number of aromatic nitrogens is 3. The molecule has 3 rings (SSSR count). The molecule has 0 bridgehead atoms. The summed E-state index contributed by atoms with van der Waals surface area (Å²) in [4.78, 5) is 24.1. The monoisotopic (exact) mass is 371 g/mol. The highest BCUT2D eigenvalue weighted by atomic mass is 32.1. The molecule has 3 aromatic heterocycles. The minimum Gasteiger partial charge on any atom is -0.377 e. The maximum absolute atomic E-state index is 12.4. The molecule has 26 heavy (non-hydrogen) atoms. The first-order valence-corrected chi connectivity index (χ1v) is 9.21. The first-order chi connectivity index (χ1) is 12.5. The Morgan fingerprint density at radius 3 is 2.62 bits per heavy atom. The molecule has 0 aliphatic heterocycles. The van der Waals surface area contributed by atoms with E-state index in [2.05, 4.69) is 21.4 Å². The van der Waals surface area contributed by atoms with Crippen LogP contribution in [-0.4, -0.2) is 42.2 Å². The highest BCUT2D eigenvalue weighted by molar-refractivity contribution is 7.25. The van der Waals surface area contributed by atoms with Crippen LogP contribution in [0.5, 0.6) is 0 Å². The molecule has 3 heterocycles. The molecule has 0 aliphatic carbocycles. The Labute approximate surface area is 157 Å². The second-order valence-corrected chi connectivity index (χ2v) is 6.75. The van der Waals surface area contributed by atoms with Crippen molar-refractivity contribution in [3.63, 3.8) is 0 Å². The minimum absolute atomic E-state index is 0.0548. The van der Waals surface area contributed by atoms with Crippen molar-refractivity contribution in [2.45, 2.75) is 13.8 Å². The van der Waals surface area contributed by atoms with E-state index in [9.17, 15) is 4.79 Å². The number of anilines is 1. The number of hydrogen-bond donors (Lipinski definition) is 1. The number of pyridine rings is 1. The molecule has 0 saturated carbocycles. The second kappa shape index (κ2) is 9.26. The molecule has 0 fully saturated rings. The number of hydrogen-bond acceptors (Lipinski definition) is 6. The highest BCUT2D eigenvalue weighted by Gasteiger charge is 2.15. The molecule has 0 unspecified atom stereocenters. The van der Waals surface area contributed by atoms with E-state index in [1.807, 2.05) is 58.1 Å². The zero-order valence-electron chi connectivity index (χ0n) is 15.9. The third kappa shape index (κ3) is 4.17. The first kappa shape index (κ1) is 19.8. The number of likely N-dealkylation sites (N-methyl/N-ethyl adjacent to an activating group) is 1. The van der Waals surface area contributed by atoms with Gasteiger partial charge in [0.1, 0.15) is 15.9 Å². The van der Waals surface area contributed by atoms with Crippen LogP contribution >= 0.6 is 11.3 Å². The lowest BCUT2D eigenvalue weighted by molar-refractivity contribution is 0.918. The van der Waals surface area contributed by atoms with Crippen molar-refractivity contribution in [2.75, 3.05) is 32.6 Å². The van der Waals surface area contributed by atoms with Gasteiger partial charge in [-0.15, -0.1) is 11.3 Å². The molecule has 3 aromatic rings. The van der Waals surface area contributed by atoms with E-state index in [4.69, 9.17) is 0 Å². The van der Waals surface area contributed by atoms with Crippen LogP contribution in [-0.2, 0) is 0 Å². The van der Waals surface area contributed by atoms with Gasteiger partial charge in [0.05, 0.1) is 16.6 Å². The van der Waals surface area contributed by atoms with Crippen LogP contribution in [0.3, 0.4) is 0 Å². The molecule has 6 nitrogen and oxygen atoms in total. The van der Waals surface area contributed by atoms with Gasteiger partial charge in [0.25, 0.3) is 5.56 Å². The van der Waals surface area contributed by atoms with Crippen LogP contribution in [0.4, 0.5) is 5.69 Å². The summed E-state index contributed by atoms with van der Waals surface area (Å²) in [5.41, 5.74) is 1.70. The maximum Gasteiger partial charge on any atom is 0.275 e. The number of nitrogens with zero attached hydrogens (tertiary/aromatic N) is 4. The highest BCUT2D eigenvalue weighted by Crippen LogP contribution is 2.34. The van der Waals surface area contributed by atoms with Gasteiger partial charge in [-0.2, -0.15) is 0 Å². The van der Waals surface area contributed by atoms with Gasteiger partial charge in [-0.25, -0.2) is 9.97 Å². The SMILES string of the molecule is C/C=C/n1cnc2c(sc3nccc(N(C)C)c32)c1=O.C/C=C\CNC. The van der Waals surface area contributed by atoms with Gasteiger partial charge in [-0.3, -0.25) is 9.36 Å². The molecule has 0 radical (unpaired) electrons. The number of nitrogens with one attached hydrogen (secondary N) is 1. The average Bonchev–Trinajstić information content (AvgIpc) is 3.02. The summed E-state index contributed by atoms with van der Waals surface area (Å²) >= 11 is 1.39. The average molecular weight is 372 g/mol. The lowest BCUT2D eigenvalue weighted by atomic mass is 10.2. The van der Waals surface area contributed by atoms with Gasteiger partial charge in [-0.1, -0.05) is 18.2 Å². The third-order valence-corrected chi connectivity index (χ3v) is 4.71. The van der Waals surface area contributed by atoms with Crippen LogP contribution in [0.1, 0.15) is 13.8 Å². The van der Waals surface area contributed by atoms with E-state index in [0.29, 0.717) is 4.70 Å². The summed E-state index contributed by atoms with van der Waals surface area (Å²) in [7, 11) is 5.87. The normalized spacial score (nSPS) is 11.4. The molecular weight excluding hydrogens is 346 g/mol. The summed E-state index contributed by atoms with van der Waals surface area (Å²) in [6, 6.07) is 1.94. The standard InChI is InChI=1S/C14H14N4OS.C5H11N/c1-4-7-18-8-16-11-10-9(17(2)3)5-6-15-13(10)20-12(11)14(18)19;1-3-4-5-6-2/h4-8H,1-3H3;3-4,6H,5H2,1-2H3/b7-4+;4-3-. The largest absolute Gasteiger partial charge is 0.377 e. The van der Waals surface area contributed by atoms with Crippen LogP contribution in [0, 0.1) is 0 Å². The Bertz CT molecular complexity index is 985. The minimum atomic E-state index is -0.0548. The van der Waals surface area contributed by atoms with E-state index in [1.54, 1.807) is 18.7 Å². The van der Waals surface area contributed by atoms with Crippen LogP contribution < -0.4 is 15.8 Å². The number of rotatable bonds is 4. The van der Waals surface area contributed by atoms with Gasteiger partial charge in [0, 0.05) is 33.0 Å². The molecule has 0 amide bonds. The molecule has 0 spiro atoms. The summed E-state index contributed by atoms with van der Waals surface area (Å²) in [5, 5.41) is 3.93. The van der Waals surface area contributed by atoms with Crippen molar-refractivity contribution in [3.8, 4) is 0 Å². The second-order valence-electron chi connectivity index (χ2n) is 5.75. The van der Waals surface area contributed by atoms with Crippen molar-refractivity contribution < 1.29 is 0 Å². The third-order valence-electron chi connectivity index (χ3n) is 3.63. The predicted molar refractivity (Wildman–Crippen MR) is 113 cm³/mol. The van der Waals surface area contributed by atoms with E-state index in [-0.39, 0.29) is 5.56 Å². The summed E-state index contributed by atoms with van der Waals surface area (Å²) in [6.45, 7) is 4.86. The molecule has 138 valence electrons. The molecular formula is C19H25N5OS. The number of fused-ring (bicyclic) bond motifs is 3. The van der Waals surface area contributed by atoms with Crippen molar-refractivity contribution in [1.82, 2.24) is 19.9 Å². The van der Waals surface area contributed by atoms with Gasteiger partial charge >= 0.3 is 0 Å². The molecule has 0 atom stereocenters. The van der Waals surface area contributed by atoms with Crippen molar-refractivity contribution in [1.29, 1.82) is 0 Å². The Balaban J connectivity index is 0.000000352. The van der Waals surface area contributed by atoms with Crippen molar-refractivity contribution in [3.05, 3.63) is 47.2 Å². The van der Waals surface area contributed by atoms with Crippen LogP contribution in [0.25, 0.3) is 26.6 Å². The molecule has 0 aromatic carbocycles. The molecule has 1 N–H and O–H groups in total. The van der Waals surface area contributed by atoms with E-state index < -0.39 is 0 Å². The first-order valence-electron chi connectivity index (χ1n) is 8.39. The van der Waals surface area contributed by atoms with Gasteiger partial charge in [0.2, 0.25) is 0 Å². The zero-order chi connectivity index (χ0) is 19.1. The lowest BCUT2D eigenvalue weighted by Gasteiger charge is -2.13. The maximum atomic E-state index is 12.4. The molecule has 7 heteroatoms. The Morgan fingerprint density at radius 1 is 1.27 bits per heavy atom. The van der Waals surface area contributed by atoms with Crippen LogP contribution in [0.15, 0.2) is 41.6 Å². The van der Waals surface area contributed by atoms with E-state index >= 15 is 0 Å². The quantitative estimate of drug-likeness (QED) is 0.713. The van der Waals surface area contributed by atoms with Crippen molar-refractivity contribution in [2.24, 2.45) is 0 Å². The van der Waals surface area contributed by atoms with Crippen molar-refractivity contribution >= 4 is 43.7 Å². The molecule has 0 aliphatic rings. The van der Waals surface area contributed by atoms with Crippen LogP contribution in [0.2, 0.25) is 0 Å². The van der Waals surface area contributed by atoms with Gasteiger partial charge < -0.3 is 10.2 Å². The van der Waals surface area contributed by atoms with Gasteiger partial charge in [-0.05, 0) is 27.0 Å². The van der Waals surface area contributed by atoms with Gasteiger partial charge in [0.15, 0.2) is 0 Å². The Morgan fingerprint density at radius 2 is 2.04 bits per heavy atom. The summed E-state index contributed by atoms with van der Waals surface area (Å²) in [6.07, 6.45) is 10.9. The number of thiophene rings is 1. The number of allylic oxidation sites excluding steroid dienone is 2. The fourth-order valence-electron chi connectivity index (χ4n) is 2.42. The fraction of sp³-hybridized carbons (Fsp3) is 0.316. The lowest BCUT2D eigenvalue weighted by Crippen LogP contribution is -2.14. The zero-order valence-corrected chi connectivity index (χ0v) is 16.7. The fourth-order valence-corrected chi connectivity index (χ4v) is 3.48. The van der Waals surface area contributed by atoms with E-state index in [1.165, 1.54) is 15.9 Å². The van der Waals surface area contributed by atoms with E-state index in [0.717, 1.165) is 28.0 Å².